The molecule has 0 spiro atoms. The standard InChI is InChI=1S/C23H22ClFN4O2/c24-18-4-2-5-19(22(18)28-11-13-31-14-12-28)26-23(30)21-17-3-1-6-20(17)29(27-21)16-9-7-15(25)8-10-16/h2,4-5,7-10H,1,3,6,11-14H2,(H,26,30). The van der Waals surface area contributed by atoms with Gasteiger partial charge in [-0.15, -0.1) is 0 Å². The van der Waals surface area contributed by atoms with Crippen LogP contribution in [0.1, 0.15) is 28.2 Å². The zero-order chi connectivity index (χ0) is 21.4. The number of halogens is 2. The second-order valence-corrected chi connectivity index (χ2v) is 8.11. The first-order valence-corrected chi connectivity index (χ1v) is 10.8. The number of benzene rings is 2. The molecule has 0 unspecified atom stereocenters. The minimum absolute atomic E-state index is 0.268. The summed E-state index contributed by atoms with van der Waals surface area (Å²) in [5.41, 5.74) is 4.58. The second-order valence-electron chi connectivity index (χ2n) is 7.71. The lowest BCUT2D eigenvalue weighted by atomic mass is 10.1. The Hall–Kier alpha value is -2.90. The Balaban J connectivity index is 1.48. The van der Waals surface area contributed by atoms with Crippen molar-refractivity contribution in [2.75, 3.05) is 36.5 Å². The molecule has 1 amide bonds. The normalized spacial score (nSPS) is 15.7. The number of fused-ring (bicyclic) bond motifs is 1. The van der Waals surface area contributed by atoms with E-state index < -0.39 is 0 Å². The van der Waals surface area contributed by atoms with Crippen LogP contribution in [0.2, 0.25) is 5.02 Å². The number of ether oxygens (including phenoxy) is 1. The summed E-state index contributed by atoms with van der Waals surface area (Å²) in [6, 6.07) is 11.7. The topological polar surface area (TPSA) is 59.4 Å². The summed E-state index contributed by atoms with van der Waals surface area (Å²) in [5.74, 6) is -0.571. The molecule has 0 saturated carbocycles. The van der Waals surface area contributed by atoms with Crippen LogP contribution in [0.5, 0.6) is 0 Å². The maximum atomic E-state index is 13.4. The van der Waals surface area contributed by atoms with Crippen molar-refractivity contribution >= 4 is 28.9 Å². The van der Waals surface area contributed by atoms with Gasteiger partial charge in [-0.3, -0.25) is 4.79 Å². The molecule has 2 aromatic carbocycles. The largest absolute Gasteiger partial charge is 0.378 e. The van der Waals surface area contributed by atoms with Gasteiger partial charge in [0.05, 0.1) is 35.3 Å². The van der Waals surface area contributed by atoms with Crippen LogP contribution in [0.25, 0.3) is 5.69 Å². The zero-order valence-electron chi connectivity index (χ0n) is 16.9. The Morgan fingerprint density at radius 3 is 2.65 bits per heavy atom. The minimum Gasteiger partial charge on any atom is -0.378 e. The number of rotatable bonds is 4. The van der Waals surface area contributed by atoms with Gasteiger partial charge in [0.2, 0.25) is 0 Å². The number of carbonyl (C=O) groups excluding carboxylic acids is 1. The minimum atomic E-state index is -0.304. The molecule has 31 heavy (non-hydrogen) atoms. The number of morpholine rings is 1. The van der Waals surface area contributed by atoms with Crippen molar-refractivity contribution < 1.29 is 13.9 Å². The summed E-state index contributed by atoms with van der Waals surface area (Å²) in [6.45, 7) is 2.66. The molecule has 3 aromatic rings. The summed E-state index contributed by atoms with van der Waals surface area (Å²) in [6.07, 6.45) is 2.60. The van der Waals surface area contributed by atoms with Crippen LogP contribution in [-0.2, 0) is 17.6 Å². The van der Waals surface area contributed by atoms with Crippen LogP contribution >= 0.6 is 11.6 Å². The molecule has 1 aromatic heterocycles. The van der Waals surface area contributed by atoms with Crippen molar-refractivity contribution in [2.45, 2.75) is 19.3 Å². The first-order chi connectivity index (χ1) is 15.1. The van der Waals surface area contributed by atoms with Crippen molar-refractivity contribution in [3.05, 3.63) is 70.3 Å². The van der Waals surface area contributed by atoms with Crippen LogP contribution in [0.15, 0.2) is 42.5 Å². The lowest BCUT2D eigenvalue weighted by Gasteiger charge is -2.31. The number of carbonyl (C=O) groups is 1. The van der Waals surface area contributed by atoms with Crippen LogP contribution in [0.4, 0.5) is 15.8 Å². The summed E-state index contributed by atoms with van der Waals surface area (Å²) in [5, 5.41) is 8.22. The number of amides is 1. The van der Waals surface area contributed by atoms with Crippen LogP contribution in [0.3, 0.4) is 0 Å². The van der Waals surface area contributed by atoms with Crippen LogP contribution < -0.4 is 10.2 Å². The quantitative estimate of drug-likeness (QED) is 0.659. The molecule has 5 rings (SSSR count). The highest BCUT2D eigenvalue weighted by Crippen LogP contribution is 2.35. The summed E-state index contributed by atoms with van der Waals surface area (Å²) >= 11 is 6.50. The molecule has 0 atom stereocenters. The van der Waals surface area contributed by atoms with E-state index in [-0.39, 0.29) is 11.7 Å². The third-order valence-electron chi connectivity index (χ3n) is 5.78. The van der Waals surface area contributed by atoms with E-state index in [0.29, 0.717) is 42.7 Å². The van der Waals surface area contributed by atoms with Gasteiger partial charge in [-0.05, 0) is 55.7 Å². The summed E-state index contributed by atoms with van der Waals surface area (Å²) in [7, 11) is 0. The fourth-order valence-electron chi connectivity index (χ4n) is 4.32. The molecular weight excluding hydrogens is 419 g/mol. The first kappa shape index (κ1) is 20.0. The van der Waals surface area contributed by atoms with Crippen molar-refractivity contribution in [3.63, 3.8) is 0 Å². The highest BCUT2D eigenvalue weighted by atomic mass is 35.5. The molecule has 0 radical (unpaired) electrons. The fraction of sp³-hybridized carbons (Fsp3) is 0.304. The van der Waals surface area contributed by atoms with Crippen molar-refractivity contribution in [3.8, 4) is 5.69 Å². The zero-order valence-corrected chi connectivity index (χ0v) is 17.7. The number of anilines is 2. The Morgan fingerprint density at radius 2 is 1.87 bits per heavy atom. The van der Waals surface area contributed by atoms with Gasteiger partial charge in [-0.2, -0.15) is 5.10 Å². The molecule has 6 nitrogen and oxygen atoms in total. The van der Waals surface area contributed by atoms with E-state index in [1.54, 1.807) is 16.8 Å². The van der Waals surface area contributed by atoms with E-state index in [9.17, 15) is 9.18 Å². The van der Waals surface area contributed by atoms with Gasteiger partial charge in [0.15, 0.2) is 5.69 Å². The molecule has 1 N–H and O–H groups in total. The maximum Gasteiger partial charge on any atom is 0.276 e. The van der Waals surface area contributed by atoms with Crippen molar-refractivity contribution in [1.29, 1.82) is 0 Å². The van der Waals surface area contributed by atoms with Gasteiger partial charge in [0.1, 0.15) is 5.82 Å². The number of aromatic nitrogens is 2. The highest BCUT2D eigenvalue weighted by molar-refractivity contribution is 6.34. The smallest absolute Gasteiger partial charge is 0.276 e. The number of para-hydroxylation sites is 1. The Kier molecular flexibility index (Phi) is 5.38. The third-order valence-corrected chi connectivity index (χ3v) is 6.08. The molecular formula is C23H22ClFN4O2. The van der Waals surface area contributed by atoms with E-state index in [2.05, 4.69) is 15.3 Å². The Labute approximate surface area is 184 Å². The first-order valence-electron chi connectivity index (χ1n) is 10.4. The Bertz CT molecular complexity index is 1120. The van der Waals surface area contributed by atoms with E-state index in [1.807, 2.05) is 18.2 Å². The van der Waals surface area contributed by atoms with E-state index in [0.717, 1.165) is 41.9 Å². The number of nitrogens with zero attached hydrogens (tertiary/aromatic N) is 3. The van der Waals surface area contributed by atoms with E-state index >= 15 is 0 Å². The molecule has 1 aliphatic carbocycles. The van der Waals surface area contributed by atoms with Gasteiger partial charge in [-0.25, -0.2) is 9.07 Å². The van der Waals surface area contributed by atoms with Crippen molar-refractivity contribution in [2.24, 2.45) is 0 Å². The molecule has 160 valence electrons. The van der Waals surface area contributed by atoms with Gasteiger partial charge in [-0.1, -0.05) is 17.7 Å². The summed E-state index contributed by atoms with van der Waals surface area (Å²) in [4.78, 5) is 15.4. The monoisotopic (exact) mass is 440 g/mol. The molecule has 8 heteroatoms. The molecule has 2 aliphatic rings. The van der Waals surface area contributed by atoms with Crippen LogP contribution in [-0.4, -0.2) is 42.0 Å². The Morgan fingerprint density at radius 1 is 1.10 bits per heavy atom. The molecule has 1 fully saturated rings. The van der Waals surface area contributed by atoms with Gasteiger partial charge < -0.3 is 15.0 Å². The number of hydrogen-bond acceptors (Lipinski definition) is 4. The average Bonchev–Trinajstić information content (AvgIpc) is 3.38. The lowest BCUT2D eigenvalue weighted by molar-refractivity contribution is 0.102. The molecule has 1 saturated heterocycles. The van der Waals surface area contributed by atoms with E-state index in [4.69, 9.17) is 16.3 Å². The number of hydrogen-bond donors (Lipinski definition) is 1. The van der Waals surface area contributed by atoms with Crippen molar-refractivity contribution in [1.82, 2.24) is 9.78 Å². The molecule has 1 aliphatic heterocycles. The van der Waals surface area contributed by atoms with Crippen LogP contribution in [0, 0.1) is 5.82 Å². The van der Waals surface area contributed by atoms with Gasteiger partial charge in [0.25, 0.3) is 5.91 Å². The van der Waals surface area contributed by atoms with E-state index in [1.165, 1.54) is 12.1 Å². The predicted molar refractivity (Wildman–Crippen MR) is 118 cm³/mol. The second kappa shape index (κ2) is 8.32. The fourth-order valence-corrected chi connectivity index (χ4v) is 4.62. The maximum absolute atomic E-state index is 13.4. The molecule has 0 bridgehead atoms. The summed E-state index contributed by atoms with van der Waals surface area (Å²) < 4.78 is 20.6. The average molecular weight is 441 g/mol. The molecule has 2 heterocycles. The highest BCUT2D eigenvalue weighted by Gasteiger charge is 2.28. The lowest BCUT2D eigenvalue weighted by Crippen LogP contribution is -2.37. The third kappa shape index (κ3) is 3.79. The predicted octanol–water partition coefficient (Wildman–Crippen LogP) is 4.24. The number of nitrogens with one attached hydrogen (secondary N) is 1. The van der Waals surface area contributed by atoms with Gasteiger partial charge >= 0.3 is 0 Å². The van der Waals surface area contributed by atoms with Gasteiger partial charge in [0, 0.05) is 24.3 Å². The SMILES string of the molecule is O=C(Nc1cccc(Cl)c1N1CCOCC1)c1nn(-c2ccc(F)cc2)c2c1CCC2.